The summed E-state index contributed by atoms with van der Waals surface area (Å²) in [5.74, 6) is -0.174. The van der Waals surface area contributed by atoms with Gasteiger partial charge in [0.2, 0.25) is 0 Å². The average Bonchev–Trinajstić information content (AvgIpc) is 2.61. The van der Waals surface area contributed by atoms with Crippen molar-refractivity contribution in [3.8, 4) is 0 Å². The normalized spacial score (nSPS) is 11.1. The zero-order valence-electron chi connectivity index (χ0n) is 12.9. The molecule has 118 valence electrons. The van der Waals surface area contributed by atoms with Gasteiger partial charge in [-0.15, -0.1) is 0 Å². The highest BCUT2D eigenvalue weighted by Crippen LogP contribution is 2.22. The molecule has 0 spiro atoms. The molecule has 3 aromatic rings. The molecule has 0 saturated heterocycles. The van der Waals surface area contributed by atoms with E-state index in [2.05, 4.69) is 5.32 Å². The molecule has 1 N–H and O–H groups in total. The molecule has 0 bridgehead atoms. The Kier molecular flexibility index (Phi) is 5.09. The Balaban J connectivity index is 1.95. The lowest BCUT2D eigenvalue weighted by Crippen LogP contribution is -2.13. The summed E-state index contributed by atoms with van der Waals surface area (Å²) >= 11 is 5.99. The van der Waals surface area contributed by atoms with Crippen LogP contribution in [0.3, 0.4) is 0 Å². The van der Waals surface area contributed by atoms with E-state index in [0.717, 1.165) is 11.1 Å². The van der Waals surface area contributed by atoms with Gasteiger partial charge >= 0.3 is 0 Å². The Labute approximate surface area is 146 Å². The lowest BCUT2D eigenvalue weighted by Gasteiger charge is -2.10. The minimum atomic E-state index is -0.174. The van der Waals surface area contributed by atoms with Crippen molar-refractivity contribution in [2.75, 3.05) is 5.32 Å². The summed E-state index contributed by atoms with van der Waals surface area (Å²) < 4.78 is 0. The van der Waals surface area contributed by atoms with Crippen LogP contribution < -0.4 is 5.32 Å². The van der Waals surface area contributed by atoms with Crippen LogP contribution in [0.25, 0.3) is 11.6 Å². The van der Waals surface area contributed by atoms with Crippen LogP contribution in [-0.2, 0) is 4.79 Å². The van der Waals surface area contributed by atoms with Crippen LogP contribution in [0.15, 0.2) is 84.9 Å². The van der Waals surface area contributed by atoms with E-state index < -0.39 is 0 Å². The largest absolute Gasteiger partial charge is 0.322 e. The van der Waals surface area contributed by atoms with Crippen molar-refractivity contribution < 1.29 is 4.79 Å². The molecule has 0 aromatic heterocycles. The predicted octanol–water partition coefficient (Wildman–Crippen LogP) is 5.52. The second-order valence-electron chi connectivity index (χ2n) is 5.30. The summed E-state index contributed by atoms with van der Waals surface area (Å²) in [6.45, 7) is 0. The molecule has 3 rings (SSSR count). The van der Waals surface area contributed by atoms with Crippen molar-refractivity contribution in [1.29, 1.82) is 0 Å². The molecular weight excluding hydrogens is 318 g/mol. The molecule has 0 aliphatic heterocycles. The van der Waals surface area contributed by atoms with Crippen molar-refractivity contribution in [3.05, 3.63) is 101 Å². The van der Waals surface area contributed by atoms with Crippen molar-refractivity contribution >= 4 is 34.8 Å². The van der Waals surface area contributed by atoms with E-state index >= 15 is 0 Å². The van der Waals surface area contributed by atoms with E-state index in [1.165, 1.54) is 0 Å². The van der Waals surface area contributed by atoms with Crippen molar-refractivity contribution in [1.82, 2.24) is 0 Å². The third kappa shape index (κ3) is 4.12. The van der Waals surface area contributed by atoms with Gasteiger partial charge in [0.15, 0.2) is 0 Å². The van der Waals surface area contributed by atoms with Gasteiger partial charge in [0.1, 0.15) is 0 Å². The maximum Gasteiger partial charge on any atom is 0.256 e. The van der Waals surface area contributed by atoms with Crippen molar-refractivity contribution in [3.63, 3.8) is 0 Å². The van der Waals surface area contributed by atoms with Crippen LogP contribution in [0.5, 0.6) is 0 Å². The highest BCUT2D eigenvalue weighted by molar-refractivity contribution is 6.31. The fourth-order valence-electron chi connectivity index (χ4n) is 2.38. The van der Waals surface area contributed by atoms with Gasteiger partial charge in [-0.2, -0.15) is 0 Å². The van der Waals surface area contributed by atoms with E-state index in [1.807, 2.05) is 72.8 Å². The minimum Gasteiger partial charge on any atom is -0.322 e. The van der Waals surface area contributed by atoms with Crippen LogP contribution in [0.2, 0.25) is 5.02 Å². The van der Waals surface area contributed by atoms with Gasteiger partial charge in [-0.25, -0.2) is 0 Å². The third-order valence-electron chi connectivity index (χ3n) is 3.52. The lowest BCUT2D eigenvalue weighted by molar-refractivity contribution is -0.111. The number of amides is 1. The Morgan fingerprint density at radius 3 is 2.17 bits per heavy atom. The van der Waals surface area contributed by atoms with Crippen LogP contribution in [-0.4, -0.2) is 5.91 Å². The maximum atomic E-state index is 12.8. The number of carbonyl (C=O) groups excluding carboxylic acids is 1. The van der Waals surface area contributed by atoms with Gasteiger partial charge in [-0.05, 0) is 35.4 Å². The molecule has 3 aromatic carbocycles. The molecule has 3 heteroatoms. The van der Waals surface area contributed by atoms with E-state index in [0.29, 0.717) is 16.3 Å². The molecule has 0 radical (unpaired) electrons. The van der Waals surface area contributed by atoms with Crippen LogP contribution in [0.1, 0.15) is 11.1 Å². The zero-order chi connectivity index (χ0) is 16.8. The quantitative estimate of drug-likeness (QED) is 0.494. The Morgan fingerprint density at radius 2 is 1.50 bits per heavy atom. The topological polar surface area (TPSA) is 29.1 Å². The van der Waals surface area contributed by atoms with Gasteiger partial charge in [0.05, 0.1) is 0 Å². The maximum absolute atomic E-state index is 12.8. The smallest absolute Gasteiger partial charge is 0.256 e. The molecular formula is C21H16ClNO. The fourth-order valence-corrected chi connectivity index (χ4v) is 2.57. The van der Waals surface area contributed by atoms with Crippen LogP contribution in [0, 0.1) is 0 Å². The molecule has 2 nitrogen and oxygen atoms in total. The summed E-state index contributed by atoms with van der Waals surface area (Å²) in [6, 6.07) is 26.5. The molecule has 0 heterocycles. The van der Waals surface area contributed by atoms with Gasteiger partial charge in [0, 0.05) is 16.3 Å². The van der Waals surface area contributed by atoms with Crippen LogP contribution >= 0.6 is 11.6 Å². The van der Waals surface area contributed by atoms with E-state index in [-0.39, 0.29) is 5.91 Å². The van der Waals surface area contributed by atoms with Gasteiger partial charge in [0.25, 0.3) is 5.91 Å². The van der Waals surface area contributed by atoms with Gasteiger partial charge in [-0.3, -0.25) is 4.79 Å². The number of benzene rings is 3. The predicted molar refractivity (Wildman–Crippen MR) is 101 cm³/mol. The third-order valence-corrected chi connectivity index (χ3v) is 3.76. The molecule has 0 aliphatic carbocycles. The first-order valence-corrected chi connectivity index (χ1v) is 7.99. The number of carbonyl (C=O) groups is 1. The fraction of sp³-hybridized carbons (Fsp3) is 0. The van der Waals surface area contributed by atoms with E-state index in [9.17, 15) is 4.79 Å². The number of anilines is 1. The highest BCUT2D eigenvalue weighted by atomic mass is 35.5. The lowest BCUT2D eigenvalue weighted by atomic mass is 10.0. The summed E-state index contributed by atoms with van der Waals surface area (Å²) in [5, 5.41) is 3.49. The first-order valence-electron chi connectivity index (χ1n) is 7.61. The number of hydrogen-bond donors (Lipinski definition) is 1. The first-order chi connectivity index (χ1) is 11.7. The Bertz CT molecular complexity index is 857. The van der Waals surface area contributed by atoms with E-state index in [1.54, 1.807) is 18.2 Å². The zero-order valence-corrected chi connectivity index (χ0v) is 13.7. The summed E-state index contributed by atoms with van der Waals surface area (Å²) in [6.07, 6.45) is 1.88. The molecule has 0 aliphatic rings. The monoisotopic (exact) mass is 333 g/mol. The second kappa shape index (κ2) is 7.62. The van der Waals surface area contributed by atoms with E-state index in [4.69, 9.17) is 11.6 Å². The number of halogens is 1. The number of nitrogens with one attached hydrogen (secondary N) is 1. The standard InChI is InChI=1S/C21H16ClNO/c22-18-12-7-13-19(15-18)23-21(24)20(17-10-5-2-6-11-17)14-16-8-3-1-4-9-16/h1-15H,(H,23,24). The number of hydrogen-bond acceptors (Lipinski definition) is 1. The molecule has 0 fully saturated rings. The molecule has 1 amide bonds. The van der Waals surface area contributed by atoms with Gasteiger partial charge in [-0.1, -0.05) is 78.3 Å². The van der Waals surface area contributed by atoms with Gasteiger partial charge < -0.3 is 5.32 Å². The first kappa shape index (κ1) is 16.0. The molecule has 0 saturated carbocycles. The number of rotatable bonds is 4. The molecule has 0 unspecified atom stereocenters. The molecule has 24 heavy (non-hydrogen) atoms. The minimum absolute atomic E-state index is 0.174. The highest BCUT2D eigenvalue weighted by Gasteiger charge is 2.12. The average molecular weight is 334 g/mol. The van der Waals surface area contributed by atoms with Crippen molar-refractivity contribution in [2.24, 2.45) is 0 Å². The Morgan fingerprint density at radius 1 is 0.833 bits per heavy atom. The summed E-state index contributed by atoms with van der Waals surface area (Å²) in [7, 11) is 0. The summed E-state index contributed by atoms with van der Waals surface area (Å²) in [5.41, 5.74) is 3.10. The SMILES string of the molecule is O=C(Nc1cccc(Cl)c1)C(=Cc1ccccc1)c1ccccc1. The second-order valence-corrected chi connectivity index (χ2v) is 5.74. The molecule has 0 atom stereocenters. The van der Waals surface area contributed by atoms with Crippen LogP contribution in [0.4, 0.5) is 5.69 Å². The van der Waals surface area contributed by atoms with Crippen molar-refractivity contribution in [2.45, 2.75) is 0 Å². The summed E-state index contributed by atoms with van der Waals surface area (Å²) in [4.78, 5) is 12.8. The Hall–Kier alpha value is -2.84.